The standard InChI is InChI=1S/C17H16N4OS2/c22-16(21-8-7-12-4-1-2-6-14(12)21)11-24-17-18-15(19-20-17)10-13-5-3-9-23-13/h1-6,9H,7-8,10-11H2,(H,18,19,20). The number of benzene rings is 1. The molecule has 1 N–H and O–H groups in total. The molecule has 0 saturated heterocycles. The zero-order chi connectivity index (χ0) is 16.4. The number of amides is 1. The average Bonchev–Trinajstić information content (AvgIpc) is 3.34. The van der Waals surface area contributed by atoms with Crippen LogP contribution in [-0.2, 0) is 17.6 Å². The quantitative estimate of drug-likeness (QED) is 0.714. The molecule has 2 aromatic heterocycles. The third-order valence-corrected chi connectivity index (χ3v) is 5.65. The van der Waals surface area contributed by atoms with Crippen molar-refractivity contribution in [2.24, 2.45) is 0 Å². The number of hydrogen-bond donors (Lipinski definition) is 1. The molecule has 1 amide bonds. The summed E-state index contributed by atoms with van der Waals surface area (Å²) in [4.78, 5) is 20.1. The van der Waals surface area contributed by atoms with Crippen molar-refractivity contribution in [3.63, 3.8) is 0 Å². The third-order valence-electron chi connectivity index (χ3n) is 3.95. The summed E-state index contributed by atoms with van der Waals surface area (Å²) in [6, 6.07) is 12.2. The second-order valence-electron chi connectivity index (χ2n) is 5.53. The highest BCUT2D eigenvalue weighted by Gasteiger charge is 2.24. The normalized spacial score (nSPS) is 13.2. The first-order valence-corrected chi connectivity index (χ1v) is 9.61. The number of aromatic nitrogens is 3. The number of nitrogens with one attached hydrogen (secondary N) is 1. The minimum absolute atomic E-state index is 0.106. The van der Waals surface area contributed by atoms with Crippen LogP contribution < -0.4 is 4.90 Å². The highest BCUT2D eigenvalue weighted by molar-refractivity contribution is 7.99. The van der Waals surface area contributed by atoms with Crippen molar-refractivity contribution in [1.29, 1.82) is 0 Å². The van der Waals surface area contributed by atoms with E-state index in [4.69, 9.17) is 0 Å². The second-order valence-corrected chi connectivity index (χ2v) is 7.51. The van der Waals surface area contributed by atoms with E-state index in [1.807, 2.05) is 34.5 Å². The first-order chi connectivity index (χ1) is 11.8. The van der Waals surface area contributed by atoms with Crippen molar-refractivity contribution in [2.45, 2.75) is 18.0 Å². The monoisotopic (exact) mass is 356 g/mol. The van der Waals surface area contributed by atoms with E-state index in [-0.39, 0.29) is 5.91 Å². The Balaban J connectivity index is 1.36. The van der Waals surface area contributed by atoms with Gasteiger partial charge in [-0.25, -0.2) is 4.98 Å². The summed E-state index contributed by atoms with van der Waals surface area (Å²) >= 11 is 3.08. The molecule has 1 aromatic carbocycles. The molecule has 122 valence electrons. The van der Waals surface area contributed by atoms with Crippen LogP contribution in [0.3, 0.4) is 0 Å². The van der Waals surface area contributed by atoms with Crippen LogP contribution in [0.5, 0.6) is 0 Å². The Morgan fingerprint density at radius 1 is 1.29 bits per heavy atom. The van der Waals surface area contributed by atoms with Crippen molar-refractivity contribution in [1.82, 2.24) is 15.2 Å². The van der Waals surface area contributed by atoms with Gasteiger partial charge in [0.05, 0.1) is 5.75 Å². The molecule has 0 atom stereocenters. The first-order valence-electron chi connectivity index (χ1n) is 7.74. The van der Waals surface area contributed by atoms with E-state index in [1.165, 1.54) is 22.2 Å². The number of anilines is 1. The van der Waals surface area contributed by atoms with Crippen molar-refractivity contribution in [3.05, 3.63) is 58.0 Å². The van der Waals surface area contributed by atoms with E-state index in [2.05, 4.69) is 27.3 Å². The number of aromatic amines is 1. The maximum absolute atomic E-state index is 12.5. The predicted molar refractivity (Wildman–Crippen MR) is 96.7 cm³/mol. The SMILES string of the molecule is O=C(CSc1n[nH]c(Cc2cccs2)n1)N1CCc2ccccc21. The molecule has 3 aromatic rings. The number of nitrogens with zero attached hydrogens (tertiary/aromatic N) is 3. The van der Waals surface area contributed by atoms with Crippen LogP contribution in [-0.4, -0.2) is 33.4 Å². The summed E-state index contributed by atoms with van der Waals surface area (Å²) in [7, 11) is 0. The van der Waals surface area contributed by atoms with Gasteiger partial charge in [0.1, 0.15) is 5.82 Å². The molecule has 1 aliphatic rings. The van der Waals surface area contributed by atoms with Crippen LogP contribution in [0, 0.1) is 0 Å². The van der Waals surface area contributed by atoms with E-state index >= 15 is 0 Å². The van der Waals surface area contributed by atoms with Gasteiger partial charge >= 0.3 is 0 Å². The van der Waals surface area contributed by atoms with Crippen molar-refractivity contribution in [2.75, 3.05) is 17.2 Å². The van der Waals surface area contributed by atoms with Gasteiger partial charge in [0.15, 0.2) is 0 Å². The van der Waals surface area contributed by atoms with Crippen LogP contribution in [0.1, 0.15) is 16.3 Å². The van der Waals surface area contributed by atoms with Gasteiger partial charge in [-0.15, -0.1) is 16.4 Å². The van der Waals surface area contributed by atoms with Gasteiger partial charge in [-0.1, -0.05) is 36.0 Å². The fraction of sp³-hybridized carbons (Fsp3) is 0.235. The predicted octanol–water partition coefficient (Wildman–Crippen LogP) is 3.14. The maximum Gasteiger partial charge on any atom is 0.237 e. The number of rotatable bonds is 5. The molecule has 7 heteroatoms. The summed E-state index contributed by atoms with van der Waals surface area (Å²) in [5.41, 5.74) is 2.28. The smallest absolute Gasteiger partial charge is 0.237 e. The zero-order valence-corrected chi connectivity index (χ0v) is 14.6. The fourth-order valence-corrected chi connectivity index (χ4v) is 4.20. The summed E-state index contributed by atoms with van der Waals surface area (Å²) in [6.07, 6.45) is 1.68. The van der Waals surface area contributed by atoms with Crippen molar-refractivity contribution < 1.29 is 4.79 Å². The molecule has 0 aliphatic carbocycles. The topological polar surface area (TPSA) is 61.9 Å². The van der Waals surface area contributed by atoms with Gasteiger partial charge in [0.2, 0.25) is 11.1 Å². The van der Waals surface area contributed by atoms with Crippen molar-refractivity contribution in [3.8, 4) is 0 Å². The van der Waals surface area contributed by atoms with Crippen LogP contribution in [0.15, 0.2) is 46.9 Å². The van der Waals surface area contributed by atoms with Gasteiger partial charge in [-0.3, -0.25) is 9.89 Å². The second kappa shape index (κ2) is 6.78. The molecule has 1 aliphatic heterocycles. The Morgan fingerprint density at radius 3 is 3.08 bits per heavy atom. The maximum atomic E-state index is 12.5. The van der Waals surface area contributed by atoms with E-state index in [9.17, 15) is 4.79 Å². The van der Waals surface area contributed by atoms with Gasteiger partial charge in [-0.05, 0) is 29.5 Å². The highest BCUT2D eigenvalue weighted by Crippen LogP contribution is 2.28. The fourth-order valence-electron chi connectivity index (χ4n) is 2.80. The minimum Gasteiger partial charge on any atom is -0.311 e. The number of fused-ring (bicyclic) bond motifs is 1. The number of thioether (sulfide) groups is 1. The zero-order valence-electron chi connectivity index (χ0n) is 12.9. The molecule has 0 unspecified atom stereocenters. The molecule has 3 heterocycles. The lowest BCUT2D eigenvalue weighted by Gasteiger charge is -2.16. The number of carbonyl (C=O) groups excluding carboxylic acids is 1. The Hall–Kier alpha value is -2.12. The van der Waals surface area contributed by atoms with Crippen LogP contribution in [0.2, 0.25) is 0 Å². The van der Waals surface area contributed by atoms with Crippen molar-refractivity contribution >= 4 is 34.7 Å². The van der Waals surface area contributed by atoms with Crippen LogP contribution in [0.25, 0.3) is 0 Å². The molecule has 0 fully saturated rings. The molecule has 4 rings (SSSR count). The van der Waals surface area contributed by atoms with E-state index < -0.39 is 0 Å². The van der Waals surface area contributed by atoms with E-state index in [1.54, 1.807) is 11.3 Å². The Bertz CT molecular complexity index is 844. The Morgan fingerprint density at radius 2 is 2.21 bits per heavy atom. The summed E-state index contributed by atoms with van der Waals surface area (Å²) < 4.78 is 0. The summed E-state index contributed by atoms with van der Waals surface area (Å²) in [5, 5.41) is 9.83. The summed E-state index contributed by atoms with van der Waals surface area (Å²) in [5.74, 6) is 1.29. The van der Waals surface area contributed by atoms with E-state index in [0.29, 0.717) is 10.9 Å². The highest BCUT2D eigenvalue weighted by atomic mass is 32.2. The summed E-state index contributed by atoms with van der Waals surface area (Å²) in [6.45, 7) is 0.760. The lowest BCUT2D eigenvalue weighted by molar-refractivity contribution is -0.116. The number of para-hydroxylation sites is 1. The number of H-pyrrole nitrogens is 1. The van der Waals surface area contributed by atoms with Gasteiger partial charge in [0, 0.05) is 23.5 Å². The third kappa shape index (κ3) is 3.22. The lowest BCUT2D eigenvalue weighted by atomic mass is 10.2. The molecule has 24 heavy (non-hydrogen) atoms. The molecule has 0 spiro atoms. The molecule has 0 radical (unpaired) electrons. The molecule has 5 nitrogen and oxygen atoms in total. The molecule has 0 saturated carbocycles. The van der Waals surface area contributed by atoms with Gasteiger partial charge < -0.3 is 4.90 Å². The average molecular weight is 356 g/mol. The number of thiophene rings is 1. The van der Waals surface area contributed by atoms with Gasteiger partial charge in [-0.2, -0.15) is 0 Å². The number of carbonyl (C=O) groups is 1. The van der Waals surface area contributed by atoms with E-state index in [0.717, 1.165) is 30.9 Å². The van der Waals surface area contributed by atoms with Crippen LogP contribution in [0.4, 0.5) is 5.69 Å². The molecular formula is C17H16N4OS2. The van der Waals surface area contributed by atoms with Gasteiger partial charge in [0.25, 0.3) is 0 Å². The molecule has 0 bridgehead atoms. The Kier molecular flexibility index (Phi) is 4.36. The Labute approximate surface area is 148 Å². The van der Waals surface area contributed by atoms with Crippen LogP contribution >= 0.6 is 23.1 Å². The minimum atomic E-state index is 0.106. The largest absolute Gasteiger partial charge is 0.311 e. The first kappa shape index (κ1) is 15.4. The number of hydrogen-bond acceptors (Lipinski definition) is 5. The molecular weight excluding hydrogens is 340 g/mol. The lowest BCUT2D eigenvalue weighted by Crippen LogP contribution is -2.30.